The van der Waals surface area contributed by atoms with Crippen LogP contribution in [-0.2, 0) is 6.42 Å². The van der Waals surface area contributed by atoms with Crippen molar-refractivity contribution in [1.82, 2.24) is 9.78 Å². The molecule has 0 radical (unpaired) electrons. The molecule has 1 aliphatic rings. The van der Waals surface area contributed by atoms with Crippen molar-refractivity contribution in [2.75, 3.05) is 11.9 Å². The summed E-state index contributed by atoms with van der Waals surface area (Å²) in [4.78, 5) is 0. The minimum Gasteiger partial charge on any atom is -0.369 e. The Bertz CT molecular complexity index is 800. The first kappa shape index (κ1) is 12.7. The van der Waals surface area contributed by atoms with Crippen molar-refractivity contribution in [2.24, 2.45) is 0 Å². The summed E-state index contributed by atoms with van der Waals surface area (Å²) in [6.07, 6.45) is 1.05. The van der Waals surface area contributed by atoms with Gasteiger partial charge in [0.25, 0.3) is 0 Å². The van der Waals surface area contributed by atoms with E-state index in [0.717, 1.165) is 24.5 Å². The van der Waals surface area contributed by atoms with Crippen LogP contribution in [0.3, 0.4) is 0 Å². The number of hydrogen-bond donors (Lipinski definition) is 1. The third-order valence-corrected chi connectivity index (χ3v) is 4.93. The first-order valence-electron chi connectivity index (χ1n) is 7.20. The summed E-state index contributed by atoms with van der Waals surface area (Å²) >= 11 is 1.72. The van der Waals surface area contributed by atoms with Gasteiger partial charge in [-0.2, -0.15) is 16.4 Å². The monoisotopic (exact) mass is 295 g/mol. The van der Waals surface area contributed by atoms with E-state index in [1.54, 1.807) is 11.3 Å². The number of nitrogens with zero attached hydrogens (tertiary/aromatic N) is 2. The molecule has 0 saturated carbocycles. The first-order chi connectivity index (χ1) is 10.3. The SMILES string of the molecule is Cc1cccc(-n2nc(-c3ccsc3)c3c2NCC3)c1C. The number of thiophene rings is 1. The Hall–Kier alpha value is -2.07. The zero-order valence-electron chi connectivity index (χ0n) is 12.2. The van der Waals surface area contributed by atoms with Crippen molar-refractivity contribution in [3.63, 3.8) is 0 Å². The van der Waals surface area contributed by atoms with Crippen LogP contribution in [0.4, 0.5) is 5.82 Å². The fraction of sp³-hybridized carbons (Fsp3) is 0.235. The largest absolute Gasteiger partial charge is 0.369 e. The van der Waals surface area contributed by atoms with Crippen molar-refractivity contribution in [3.8, 4) is 16.9 Å². The standard InChI is InChI=1S/C17H17N3S/c1-11-4-3-5-15(12(11)2)20-17-14(6-8-18-17)16(19-20)13-7-9-21-10-13/h3-5,7,9-10,18H,6,8H2,1-2H3. The highest BCUT2D eigenvalue weighted by Crippen LogP contribution is 2.36. The number of nitrogens with one attached hydrogen (secondary N) is 1. The highest BCUT2D eigenvalue weighted by molar-refractivity contribution is 7.08. The molecule has 0 fully saturated rings. The lowest BCUT2D eigenvalue weighted by atomic mass is 10.1. The fourth-order valence-electron chi connectivity index (χ4n) is 2.95. The molecule has 0 amide bonds. The van der Waals surface area contributed by atoms with E-state index in [1.807, 2.05) is 0 Å². The van der Waals surface area contributed by atoms with Crippen LogP contribution in [0.2, 0.25) is 0 Å². The molecule has 0 saturated heterocycles. The van der Waals surface area contributed by atoms with E-state index in [2.05, 4.69) is 58.9 Å². The van der Waals surface area contributed by atoms with Gasteiger partial charge in [-0.05, 0) is 48.9 Å². The molecule has 0 atom stereocenters. The lowest BCUT2D eigenvalue weighted by molar-refractivity contribution is 0.873. The summed E-state index contributed by atoms with van der Waals surface area (Å²) in [6.45, 7) is 5.31. The van der Waals surface area contributed by atoms with Crippen LogP contribution in [0.5, 0.6) is 0 Å². The maximum Gasteiger partial charge on any atom is 0.133 e. The van der Waals surface area contributed by atoms with Crippen molar-refractivity contribution in [2.45, 2.75) is 20.3 Å². The highest BCUT2D eigenvalue weighted by Gasteiger charge is 2.24. The number of aryl methyl sites for hydroxylation is 1. The Morgan fingerprint density at radius 1 is 1.24 bits per heavy atom. The van der Waals surface area contributed by atoms with Gasteiger partial charge in [0.15, 0.2) is 0 Å². The second kappa shape index (κ2) is 4.74. The Balaban J connectivity index is 1.95. The number of fused-ring (bicyclic) bond motifs is 1. The Morgan fingerprint density at radius 3 is 2.95 bits per heavy atom. The minimum atomic E-state index is 0.995. The predicted octanol–water partition coefficient (Wildman–Crippen LogP) is 4.19. The number of benzene rings is 1. The third-order valence-electron chi connectivity index (χ3n) is 4.25. The zero-order valence-corrected chi connectivity index (χ0v) is 13.0. The summed E-state index contributed by atoms with van der Waals surface area (Å²) < 4.78 is 2.08. The van der Waals surface area contributed by atoms with E-state index in [0.29, 0.717) is 0 Å². The van der Waals surface area contributed by atoms with Gasteiger partial charge in [0, 0.05) is 23.1 Å². The molecule has 3 heterocycles. The molecular formula is C17H17N3S. The van der Waals surface area contributed by atoms with E-state index < -0.39 is 0 Å². The highest BCUT2D eigenvalue weighted by atomic mass is 32.1. The molecule has 4 rings (SSSR count). The molecule has 1 aromatic carbocycles. The smallest absolute Gasteiger partial charge is 0.133 e. The summed E-state index contributed by atoms with van der Waals surface area (Å²) in [5.74, 6) is 1.16. The molecule has 106 valence electrons. The summed E-state index contributed by atoms with van der Waals surface area (Å²) in [5.41, 5.74) is 7.44. The topological polar surface area (TPSA) is 29.9 Å². The normalized spacial score (nSPS) is 13.2. The summed E-state index contributed by atoms with van der Waals surface area (Å²) in [6, 6.07) is 8.55. The van der Waals surface area contributed by atoms with Crippen LogP contribution < -0.4 is 5.32 Å². The second-order valence-corrected chi connectivity index (χ2v) is 6.28. The third kappa shape index (κ3) is 1.90. The molecular weight excluding hydrogens is 278 g/mol. The van der Waals surface area contributed by atoms with Gasteiger partial charge in [-0.15, -0.1) is 0 Å². The molecule has 0 unspecified atom stereocenters. The summed E-state index contributed by atoms with van der Waals surface area (Å²) in [5, 5.41) is 12.7. The van der Waals surface area contributed by atoms with Gasteiger partial charge in [-0.3, -0.25) is 0 Å². The van der Waals surface area contributed by atoms with E-state index in [1.165, 1.54) is 27.9 Å². The molecule has 4 heteroatoms. The van der Waals surface area contributed by atoms with Crippen molar-refractivity contribution in [3.05, 3.63) is 51.7 Å². The predicted molar refractivity (Wildman–Crippen MR) is 88.5 cm³/mol. The Labute approximate surface area is 128 Å². The van der Waals surface area contributed by atoms with E-state index >= 15 is 0 Å². The fourth-order valence-corrected chi connectivity index (χ4v) is 3.59. The maximum atomic E-state index is 4.91. The van der Waals surface area contributed by atoms with Gasteiger partial charge >= 0.3 is 0 Å². The number of hydrogen-bond acceptors (Lipinski definition) is 3. The molecule has 1 aliphatic heterocycles. The molecule has 0 bridgehead atoms. The first-order valence-corrected chi connectivity index (χ1v) is 8.15. The van der Waals surface area contributed by atoms with Crippen LogP contribution in [0.15, 0.2) is 35.0 Å². The maximum absolute atomic E-state index is 4.91. The van der Waals surface area contributed by atoms with Crippen LogP contribution >= 0.6 is 11.3 Å². The van der Waals surface area contributed by atoms with Gasteiger partial charge in [0.05, 0.1) is 11.4 Å². The Kier molecular flexibility index (Phi) is 2.86. The molecule has 3 nitrogen and oxygen atoms in total. The number of rotatable bonds is 2. The lowest BCUT2D eigenvalue weighted by Crippen LogP contribution is -2.06. The molecule has 0 spiro atoms. The lowest BCUT2D eigenvalue weighted by Gasteiger charge is -2.11. The van der Waals surface area contributed by atoms with Crippen molar-refractivity contribution >= 4 is 17.2 Å². The zero-order chi connectivity index (χ0) is 14.4. The second-order valence-electron chi connectivity index (χ2n) is 5.50. The molecule has 1 N–H and O–H groups in total. The van der Waals surface area contributed by atoms with Crippen LogP contribution in [0.1, 0.15) is 16.7 Å². The van der Waals surface area contributed by atoms with Crippen LogP contribution in [-0.4, -0.2) is 16.3 Å². The van der Waals surface area contributed by atoms with E-state index in [9.17, 15) is 0 Å². The number of aromatic nitrogens is 2. The van der Waals surface area contributed by atoms with Crippen LogP contribution in [0.25, 0.3) is 16.9 Å². The average molecular weight is 295 g/mol. The average Bonchev–Trinajstić information content (AvgIpc) is 3.17. The van der Waals surface area contributed by atoms with Gasteiger partial charge in [-0.1, -0.05) is 12.1 Å². The van der Waals surface area contributed by atoms with Crippen LogP contribution in [0, 0.1) is 13.8 Å². The van der Waals surface area contributed by atoms with Gasteiger partial charge < -0.3 is 5.32 Å². The van der Waals surface area contributed by atoms with Gasteiger partial charge in [0.2, 0.25) is 0 Å². The Morgan fingerprint density at radius 2 is 2.14 bits per heavy atom. The molecule has 0 aliphatic carbocycles. The van der Waals surface area contributed by atoms with Gasteiger partial charge in [0.1, 0.15) is 5.82 Å². The van der Waals surface area contributed by atoms with E-state index in [-0.39, 0.29) is 0 Å². The van der Waals surface area contributed by atoms with Crippen molar-refractivity contribution < 1.29 is 0 Å². The minimum absolute atomic E-state index is 0.995. The van der Waals surface area contributed by atoms with Crippen molar-refractivity contribution in [1.29, 1.82) is 0 Å². The quantitative estimate of drug-likeness (QED) is 0.768. The summed E-state index contributed by atoms with van der Waals surface area (Å²) in [7, 11) is 0. The number of anilines is 1. The molecule has 2 aromatic heterocycles. The molecule has 3 aromatic rings. The van der Waals surface area contributed by atoms with Gasteiger partial charge in [-0.25, -0.2) is 4.68 Å². The van der Waals surface area contributed by atoms with E-state index in [4.69, 9.17) is 5.10 Å². The molecule has 21 heavy (non-hydrogen) atoms.